The van der Waals surface area contributed by atoms with E-state index in [1.165, 1.54) is 12.1 Å². The van der Waals surface area contributed by atoms with Crippen LogP contribution in [0.3, 0.4) is 0 Å². The van der Waals surface area contributed by atoms with Crippen LogP contribution in [0.2, 0.25) is 0 Å². The van der Waals surface area contributed by atoms with Gasteiger partial charge in [0.1, 0.15) is 5.82 Å². The maximum absolute atomic E-state index is 12.7. The lowest BCUT2D eigenvalue weighted by Gasteiger charge is -2.14. The third kappa shape index (κ3) is 3.94. The van der Waals surface area contributed by atoms with Gasteiger partial charge in [-0.2, -0.15) is 0 Å². The average molecular weight is 226 g/mol. The molecular weight excluding hydrogens is 211 g/mol. The Bertz CT molecular complexity index is 352. The van der Waals surface area contributed by atoms with Crippen molar-refractivity contribution in [1.29, 1.82) is 0 Å². The van der Waals surface area contributed by atoms with Crippen molar-refractivity contribution in [3.8, 4) is 0 Å². The van der Waals surface area contributed by atoms with Crippen LogP contribution in [0.25, 0.3) is 0 Å². The highest BCUT2D eigenvalue weighted by molar-refractivity contribution is 5.16. The number of likely N-dealkylation sites (N-methyl/N-ethyl adjacent to an activating group) is 1. The van der Waals surface area contributed by atoms with Crippen LogP contribution in [0.4, 0.5) is 4.39 Å². The first-order valence-electron chi connectivity index (χ1n) is 5.01. The van der Waals surface area contributed by atoms with Crippen LogP contribution in [0.15, 0.2) is 24.3 Å². The first-order valence-corrected chi connectivity index (χ1v) is 5.01. The van der Waals surface area contributed by atoms with Gasteiger partial charge in [0, 0.05) is 11.3 Å². The molecule has 88 valence electrons. The SMILES string of the molecule is CN(C)CC(Cc1ccc(F)cc1)[N+](=O)[O-]. The van der Waals surface area contributed by atoms with Crippen molar-refractivity contribution in [1.82, 2.24) is 4.90 Å². The van der Waals surface area contributed by atoms with E-state index in [0.29, 0.717) is 13.0 Å². The van der Waals surface area contributed by atoms with E-state index in [1.54, 1.807) is 31.1 Å². The molecule has 0 spiro atoms. The van der Waals surface area contributed by atoms with Gasteiger partial charge in [-0.1, -0.05) is 12.1 Å². The second-order valence-electron chi connectivity index (χ2n) is 4.03. The quantitative estimate of drug-likeness (QED) is 0.565. The molecule has 4 nitrogen and oxygen atoms in total. The highest BCUT2D eigenvalue weighted by Gasteiger charge is 2.21. The summed E-state index contributed by atoms with van der Waals surface area (Å²) in [6, 6.07) is 5.16. The molecule has 1 atom stereocenters. The topological polar surface area (TPSA) is 46.4 Å². The maximum atomic E-state index is 12.7. The molecule has 0 aromatic heterocycles. The van der Waals surface area contributed by atoms with Crippen molar-refractivity contribution in [2.24, 2.45) is 0 Å². The molecule has 0 radical (unpaired) electrons. The van der Waals surface area contributed by atoms with Gasteiger partial charge >= 0.3 is 0 Å². The summed E-state index contributed by atoms with van der Waals surface area (Å²) < 4.78 is 12.7. The molecule has 16 heavy (non-hydrogen) atoms. The summed E-state index contributed by atoms with van der Waals surface area (Å²) in [6.07, 6.45) is 0.325. The standard InChI is InChI=1S/C11H15FN2O2/c1-13(2)8-11(14(15)16)7-9-3-5-10(12)6-4-9/h3-6,11H,7-8H2,1-2H3. The fraction of sp³-hybridized carbons (Fsp3) is 0.455. The molecule has 0 bridgehead atoms. The molecule has 0 N–H and O–H groups in total. The first-order chi connectivity index (χ1) is 7.49. The van der Waals surface area contributed by atoms with E-state index in [9.17, 15) is 14.5 Å². The number of hydrogen-bond donors (Lipinski definition) is 0. The van der Waals surface area contributed by atoms with Crippen LogP contribution >= 0.6 is 0 Å². The second kappa shape index (κ2) is 5.55. The molecule has 0 amide bonds. The lowest BCUT2D eigenvalue weighted by atomic mass is 10.1. The Morgan fingerprint density at radius 3 is 2.38 bits per heavy atom. The second-order valence-corrected chi connectivity index (χ2v) is 4.03. The monoisotopic (exact) mass is 226 g/mol. The molecule has 5 heteroatoms. The summed E-state index contributed by atoms with van der Waals surface area (Å²) >= 11 is 0. The lowest BCUT2D eigenvalue weighted by Crippen LogP contribution is -2.34. The van der Waals surface area contributed by atoms with Gasteiger partial charge in [-0.15, -0.1) is 0 Å². The van der Waals surface area contributed by atoms with Gasteiger partial charge in [0.05, 0.1) is 6.54 Å². The Morgan fingerprint density at radius 1 is 1.38 bits per heavy atom. The lowest BCUT2D eigenvalue weighted by molar-refractivity contribution is -0.522. The Kier molecular flexibility index (Phi) is 4.37. The minimum absolute atomic E-state index is 0.288. The fourth-order valence-corrected chi connectivity index (χ4v) is 1.52. The van der Waals surface area contributed by atoms with Crippen molar-refractivity contribution in [2.75, 3.05) is 20.6 Å². The summed E-state index contributed by atoms with van der Waals surface area (Å²) in [5.41, 5.74) is 0.782. The zero-order valence-corrected chi connectivity index (χ0v) is 9.39. The molecule has 0 heterocycles. The molecule has 0 saturated heterocycles. The largest absolute Gasteiger partial charge is 0.303 e. The van der Waals surface area contributed by atoms with Gasteiger partial charge in [0.2, 0.25) is 6.04 Å². The fourth-order valence-electron chi connectivity index (χ4n) is 1.52. The maximum Gasteiger partial charge on any atom is 0.229 e. The minimum Gasteiger partial charge on any atom is -0.303 e. The molecule has 1 unspecified atom stereocenters. The van der Waals surface area contributed by atoms with Crippen LogP contribution in [0.1, 0.15) is 5.56 Å². The van der Waals surface area contributed by atoms with Crippen molar-refractivity contribution in [3.05, 3.63) is 45.8 Å². The van der Waals surface area contributed by atoms with E-state index in [1.807, 2.05) is 0 Å². The van der Waals surface area contributed by atoms with Crippen LogP contribution < -0.4 is 0 Å². The number of halogens is 1. The zero-order valence-electron chi connectivity index (χ0n) is 9.39. The third-order valence-corrected chi connectivity index (χ3v) is 2.26. The molecule has 1 rings (SSSR count). The van der Waals surface area contributed by atoms with Crippen molar-refractivity contribution in [2.45, 2.75) is 12.5 Å². The average Bonchev–Trinajstić information content (AvgIpc) is 2.19. The highest BCUT2D eigenvalue weighted by Crippen LogP contribution is 2.08. The molecule has 0 aliphatic rings. The first kappa shape index (κ1) is 12.6. The van der Waals surface area contributed by atoms with E-state index in [4.69, 9.17) is 0 Å². The van der Waals surface area contributed by atoms with Gasteiger partial charge < -0.3 is 4.90 Å². The highest BCUT2D eigenvalue weighted by atomic mass is 19.1. The number of nitro groups is 1. The Morgan fingerprint density at radius 2 is 1.94 bits per heavy atom. The smallest absolute Gasteiger partial charge is 0.229 e. The van der Waals surface area contributed by atoms with Gasteiger partial charge in [-0.3, -0.25) is 10.1 Å². The number of benzene rings is 1. The molecule has 0 aliphatic carbocycles. The van der Waals surface area contributed by atoms with E-state index < -0.39 is 6.04 Å². The zero-order chi connectivity index (χ0) is 12.1. The Hall–Kier alpha value is -1.49. The summed E-state index contributed by atoms with van der Waals surface area (Å²) in [7, 11) is 3.59. The third-order valence-electron chi connectivity index (χ3n) is 2.26. The van der Waals surface area contributed by atoms with Crippen LogP contribution in [-0.2, 0) is 6.42 Å². The molecular formula is C11H15FN2O2. The van der Waals surface area contributed by atoms with E-state index in [2.05, 4.69) is 0 Å². The van der Waals surface area contributed by atoms with Gasteiger partial charge in [-0.25, -0.2) is 4.39 Å². The van der Waals surface area contributed by atoms with Crippen molar-refractivity contribution < 1.29 is 9.31 Å². The molecule has 1 aromatic carbocycles. The normalized spacial score (nSPS) is 12.8. The summed E-state index contributed by atoms with van der Waals surface area (Å²) in [5, 5.41) is 10.8. The Balaban J connectivity index is 2.68. The van der Waals surface area contributed by atoms with Gasteiger partial charge in [-0.05, 0) is 31.8 Å². The van der Waals surface area contributed by atoms with E-state index in [-0.39, 0.29) is 10.7 Å². The summed E-state index contributed by atoms with van der Waals surface area (Å²) in [5.74, 6) is -0.325. The number of hydrogen-bond acceptors (Lipinski definition) is 3. The van der Waals surface area contributed by atoms with Crippen molar-refractivity contribution in [3.63, 3.8) is 0 Å². The molecule has 0 fully saturated rings. The minimum atomic E-state index is -0.652. The van der Waals surface area contributed by atoms with E-state index in [0.717, 1.165) is 5.56 Å². The molecule has 1 aromatic rings. The molecule has 0 aliphatic heterocycles. The van der Waals surface area contributed by atoms with Gasteiger partial charge in [0.25, 0.3) is 0 Å². The van der Waals surface area contributed by atoms with Crippen LogP contribution in [0, 0.1) is 15.9 Å². The predicted molar refractivity (Wildman–Crippen MR) is 59.4 cm³/mol. The van der Waals surface area contributed by atoms with Crippen molar-refractivity contribution >= 4 is 0 Å². The van der Waals surface area contributed by atoms with Crippen LogP contribution in [0.5, 0.6) is 0 Å². The predicted octanol–water partition coefficient (Wildman–Crippen LogP) is 1.58. The Labute approximate surface area is 93.8 Å². The van der Waals surface area contributed by atoms with E-state index >= 15 is 0 Å². The summed E-state index contributed by atoms with van der Waals surface area (Å²) in [4.78, 5) is 12.3. The van der Waals surface area contributed by atoms with Gasteiger partial charge in [0.15, 0.2) is 0 Å². The summed E-state index contributed by atoms with van der Waals surface area (Å²) in [6.45, 7) is 0.379. The molecule has 0 saturated carbocycles. The van der Waals surface area contributed by atoms with Crippen LogP contribution in [-0.4, -0.2) is 36.5 Å². The number of rotatable bonds is 5. The number of nitrogens with zero attached hydrogens (tertiary/aromatic N) is 2.